The largest absolute Gasteiger partial charge is 0.422 e. The van der Waals surface area contributed by atoms with E-state index in [2.05, 4.69) is 4.99 Å². The molecular formula is C22H13FN2O3S. The molecule has 0 fully saturated rings. The molecule has 2 heterocycles. The number of hydrogen-bond acceptors (Lipinski definition) is 4. The Morgan fingerprint density at radius 3 is 2.72 bits per heavy atom. The molecule has 7 heteroatoms. The molecule has 3 aromatic carbocycles. The Balaban J connectivity index is 1.72. The first-order chi connectivity index (χ1) is 14.0. The maximum atomic E-state index is 14.1. The van der Waals surface area contributed by atoms with Crippen LogP contribution in [0.4, 0.5) is 4.39 Å². The summed E-state index contributed by atoms with van der Waals surface area (Å²) < 4.78 is 21.6. The number of benzene rings is 3. The van der Waals surface area contributed by atoms with Crippen LogP contribution in [0.5, 0.6) is 0 Å². The lowest BCUT2D eigenvalue weighted by atomic mass is 10.0. The summed E-state index contributed by atoms with van der Waals surface area (Å²) in [6.07, 6.45) is 0. The number of rotatable bonds is 1. The van der Waals surface area contributed by atoms with Crippen LogP contribution in [-0.4, -0.2) is 10.5 Å². The van der Waals surface area contributed by atoms with Crippen molar-refractivity contribution in [3.8, 4) is 0 Å². The molecule has 0 bridgehead atoms. The van der Waals surface area contributed by atoms with Crippen molar-refractivity contribution >= 4 is 49.2 Å². The highest BCUT2D eigenvalue weighted by atomic mass is 32.1. The van der Waals surface area contributed by atoms with Crippen molar-refractivity contribution in [3.63, 3.8) is 0 Å². The van der Waals surface area contributed by atoms with Crippen LogP contribution in [0.15, 0.2) is 74.9 Å². The van der Waals surface area contributed by atoms with Crippen LogP contribution in [0.3, 0.4) is 0 Å². The van der Waals surface area contributed by atoms with Gasteiger partial charge in [0.05, 0.1) is 10.2 Å². The Bertz CT molecular complexity index is 1580. The fraction of sp³-hybridized carbons (Fsp3) is 0.0455. The third-order valence-electron chi connectivity index (χ3n) is 4.84. The van der Waals surface area contributed by atoms with Gasteiger partial charge in [-0.1, -0.05) is 47.7 Å². The van der Waals surface area contributed by atoms with Crippen LogP contribution in [0, 0.1) is 5.82 Å². The standard InChI is InChI=1S/C22H13FN2O3S/c1-25-19-16(23)7-4-8-18(19)29-22(25)24-20(26)15-11-14-13-6-3-2-5-12(13)9-10-17(14)28-21(15)27/h2-11H,1H3. The SMILES string of the molecule is Cn1c(=NC(=O)c2cc3c(ccc4ccccc43)oc2=O)sc2cccc(F)c21. The lowest BCUT2D eigenvalue weighted by Gasteiger charge is -2.03. The molecule has 0 N–H and O–H groups in total. The molecule has 0 saturated carbocycles. The summed E-state index contributed by atoms with van der Waals surface area (Å²) in [6.45, 7) is 0. The van der Waals surface area contributed by atoms with Crippen LogP contribution in [0.1, 0.15) is 10.4 Å². The van der Waals surface area contributed by atoms with Gasteiger partial charge in [0, 0.05) is 12.4 Å². The maximum absolute atomic E-state index is 14.1. The van der Waals surface area contributed by atoms with E-state index in [1.165, 1.54) is 28.0 Å². The van der Waals surface area contributed by atoms with Crippen molar-refractivity contribution < 1.29 is 13.6 Å². The van der Waals surface area contributed by atoms with E-state index in [0.717, 1.165) is 10.8 Å². The molecule has 0 atom stereocenters. The van der Waals surface area contributed by atoms with Gasteiger partial charge in [0.25, 0.3) is 5.91 Å². The van der Waals surface area contributed by atoms with Crippen LogP contribution in [0.2, 0.25) is 0 Å². The number of carbonyl (C=O) groups excluding carboxylic acids is 1. The zero-order valence-corrected chi connectivity index (χ0v) is 16.0. The van der Waals surface area contributed by atoms with Gasteiger partial charge in [-0.2, -0.15) is 4.99 Å². The highest BCUT2D eigenvalue weighted by molar-refractivity contribution is 7.16. The fourth-order valence-corrected chi connectivity index (χ4v) is 4.46. The van der Waals surface area contributed by atoms with Crippen LogP contribution in [-0.2, 0) is 7.05 Å². The number of para-hydroxylation sites is 1. The molecule has 0 spiro atoms. The molecule has 5 aromatic rings. The van der Waals surface area contributed by atoms with Gasteiger partial charge in [0.2, 0.25) is 0 Å². The van der Waals surface area contributed by atoms with Crippen molar-refractivity contribution in [1.29, 1.82) is 0 Å². The molecule has 0 aliphatic heterocycles. The van der Waals surface area contributed by atoms with Gasteiger partial charge in [-0.25, -0.2) is 9.18 Å². The Morgan fingerprint density at radius 1 is 1.07 bits per heavy atom. The summed E-state index contributed by atoms with van der Waals surface area (Å²) in [5.41, 5.74) is -0.149. The molecule has 0 aliphatic carbocycles. The Hall–Kier alpha value is -3.58. The van der Waals surface area contributed by atoms with Crippen molar-refractivity contribution in [2.24, 2.45) is 12.0 Å². The molecule has 142 valence electrons. The van der Waals surface area contributed by atoms with Gasteiger partial charge < -0.3 is 8.98 Å². The monoisotopic (exact) mass is 404 g/mol. The van der Waals surface area contributed by atoms with E-state index in [0.29, 0.717) is 26.0 Å². The Kier molecular flexibility index (Phi) is 3.92. The van der Waals surface area contributed by atoms with Crippen molar-refractivity contribution in [2.75, 3.05) is 0 Å². The number of aromatic nitrogens is 1. The Labute approximate surface area is 167 Å². The van der Waals surface area contributed by atoms with Crippen LogP contribution in [0.25, 0.3) is 32.0 Å². The number of thiazole rings is 1. The third-order valence-corrected chi connectivity index (χ3v) is 5.94. The average Bonchev–Trinajstić information content (AvgIpc) is 3.03. The van der Waals surface area contributed by atoms with E-state index in [4.69, 9.17) is 4.42 Å². The molecular weight excluding hydrogens is 391 g/mol. The van der Waals surface area contributed by atoms with Gasteiger partial charge in [0.15, 0.2) is 4.80 Å². The lowest BCUT2D eigenvalue weighted by molar-refractivity contribution is 0.0994. The van der Waals surface area contributed by atoms with Crippen molar-refractivity contribution in [3.05, 3.63) is 87.3 Å². The predicted molar refractivity (Wildman–Crippen MR) is 111 cm³/mol. The summed E-state index contributed by atoms with van der Waals surface area (Å²) in [5, 5.41) is 2.50. The molecule has 0 unspecified atom stereocenters. The maximum Gasteiger partial charge on any atom is 0.349 e. The molecule has 2 aromatic heterocycles. The van der Waals surface area contributed by atoms with Gasteiger partial charge in [-0.05, 0) is 35.0 Å². The zero-order chi connectivity index (χ0) is 20.1. The zero-order valence-electron chi connectivity index (χ0n) is 15.2. The van der Waals surface area contributed by atoms with E-state index in [-0.39, 0.29) is 5.56 Å². The van der Waals surface area contributed by atoms with Gasteiger partial charge in [0.1, 0.15) is 17.0 Å². The lowest BCUT2D eigenvalue weighted by Crippen LogP contribution is -2.18. The number of hydrogen-bond donors (Lipinski definition) is 0. The minimum absolute atomic E-state index is 0.160. The Morgan fingerprint density at radius 2 is 1.90 bits per heavy atom. The molecule has 5 rings (SSSR count). The number of halogens is 1. The quantitative estimate of drug-likeness (QED) is 0.308. The van der Waals surface area contributed by atoms with E-state index in [1.807, 2.05) is 30.3 Å². The molecule has 1 amide bonds. The van der Waals surface area contributed by atoms with Crippen LogP contribution >= 0.6 is 11.3 Å². The highest BCUT2D eigenvalue weighted by Crippen LogP contribution is 2.25. The van der Waals surface area contributed by atoms with E-state index >= 15 is 0 Å². The first-order valence-electron chi connectivity index (χ1n) is 8.81. The summed E-state index contributed by atoms with van der Waals surface area (Å²) >= 11 is 1.18. The van der Waals surface area contributed by atoms with Gasteiger partial charge in [-0.15, -0.1) is 0 Å². The first-order valence-corrected chi connectivity index (χ1v) is 9.63. The smallest absolute Gasteiger partial charge is 0.349 e. The van der Waals surface area contributed by atoms with Crippen molar-refractivity contribution in [1.82, 2.24) is 4.57 Å². The fourth-order valence-electron chi connectivity index (χ4n) is 3.43. The van der Waals surface area contributed by atoms with Crippen LogP contribution < -0.4 is 10.4 Å². The average molecular weight is 404 g/mol. The molecule has 0 radical (unpaired) electrons. The normalized spacial score (nSPS) is 12.3. The second kappa shape index (κ2) is 6.49. The van der Waals surface area contributed by atoms with Crippen molar-refractivity contribution in [2.45, 2.75) is 0 Å². The summed E-state index contributed by atoms with van der Waals surface area (Å²) in [7, 11) is 1.63. The number of fused-ring (bicyclic) bond motifs is 4. The topological polar surface area (TPSA) is 64.6 Å². The second-order valence-corrected chi connectivity index (χ2v) is 7.60. The number of nitrogens with zero attached hydrogens (tertiary/aromatic N) is 2. The van der Waals surface area contributed by atoms with Gasteiger partial charge >= 0.3 is 5.63 Å². The summed E-state index contributed by atoms with van der Waals surface area (Å²) in [4.78, 5) is 29.6. The highest BCUT2D eigenvalue weighted by Gasteiger charge is 2.16. The molecule has 0 aliphatic rings. The molecule has 29 heavy (non-hydrogen) atoms. The molecule has 0 saturated heterocycles. The van der Waals surface area contributed by atoms with E-state index < -0.39 is 17.3 Å². The number of amides is 1. The first kappa shape index (κ1) is 17.5. The minimum atomic E-state index is -0.753. The summed E-state index contributed by atoms with van der Waals surface area (Å²) in [5.74, 6) is -1.12. The third kappa shape index (κ3) is 2.78. The molecule has 5 nitrogen and oxygen atoms in total. The predicted octanol–water partition coefficient (Wildman–Crippen LogP) is 4.38. The number of aryl methyl sites for hydroxylation is 1. The number of carbonyl (C=O) groups is 1. The summed E-state index contributed by atoms with van der Waals surface area (Å²) in [6, 6.07) is 17.4. The second-order valence-electron chi connectivity index (χ2n) is 6.59. The van der Waals surface area contributed by atoms with E-state index in [1.54, 1.807) is 25.2 Å². The minimum Gasteiger partial charge on any atom is -0.422 e. The van der Waals surface area contributed by atoms with E-state index in [9.17, 15) is 14.0 Å². The van der Waals surface area contributed by atoms with Gasteiger partial charge in [-0.3, -0.25) is 4.79 Å².